The topological polar surface area (TPSA) is 105 Å². The van der Waals surface area contributed by atoms with E-state index in [-0.39, 0.29) is 29.0 Å². The second kappa shape index (κ2) is 10.5. The number of ether oxygens (including phenoxy) is 1. The molecule has 0 unspecified atom stereocenters. The standard InChI is InChI=1S/C19H29N3O5S/c1-3-4-11-22-14-15(13-18(22)23)19(24)21-16-6-8-17(9-7-16)28(25,26)20-10-5-12-27-2/h6-9,15,20H,3-5,10-14H2,1-2H3,(H,21,24)/t15-/m0/s1. The van der Waals surface area contributed by atoms with Crippen molar-refractivity contribution in [1.82, 2.24) is 9.62 Å². The lowest BCUT2D eigenvalue weighted by molar-refractivity contribution is -0.128. The van der Waals surface area contributed by atoms with Gasteiger partial charge in [-0.05, 0) is 37.1 Å². The van der Waals surface area contributed by atoms with Crippen LogP contribution in [0.15, 0.2) is 29.2 Å². The first kappa shape index (κ1) is 22.3. The number of carbonyl (C=O) groups excluding carboxylic acids is 2. The van der Waals surface area contributed by atoms with E-state index in [1.165, 1.54) is 12.1 Å². The van der Waals surface area contributed by atoms with E-state index in [1.54, 1.807) is 24.1 Å². The van der Waals surface area contributed by atoms with Crippen LogP contribution in [0, 0.1) is 5.92 Å². The molecule has 2 N–H and O–H groups in total. The second-order valence-electron chi connectivity index (χ2n) is 6.85. The Labute approximate surface area is 166 Å². The summed E-state index contributed by atoms with van der Waals surface area (Å²) in [6, 6.07) is 5.99. The maximum absolute atomic E-state index is 12.4. The zero-order valence-corrected chi connectivity index (χ0v) is 17.3. The first-order valence-electron chi connectivity index (χ1n) is 9.54. The Bertz CT molecular complexity index is 764. The van der Waals surface area contributed by atoms with E-state index in [0.717, 1.165) is 12.8 Å². The second-order valence-corrected chi connectivity index (χ2v) is 8.62. The Kier molecular flexibility index (Phi) is 8.40. The maximum atomic E-state index is 12.4. The van der Waals surface area contributed by atoms with Crippen molar-refractivity contribution in [3.63, 3.8) is 0 Å². The molecule has 0 saturated carbocycles. The lowest BCUT2D eigenvalue weighted by atomic mass is 10.1. The molecule has 0 spiro atoms. The smallest absolute Gasteiger partial charge is 0.240 e. The van der Waals surface area contributed by atoms with E-state index in [0.29, 0.717) is 38.3 Å². The van der Waals surface area contributed by atoms with Crippen LogP contribution in [0.5, 0.6) is 0 Å². The Morgan fingerprint density at radius 2 is 1.96 bits per heavy atom. The molecule has 1 aromatic rings. The molecule has 1 saturated heterocycles. The minimum Gasteiger partial charge on any atom is -0.385 e. The van der Waals surface area contributed by atoms with Gasteiger partial charge >= 0.3 is 0 Å². The summed E-state index contributed by atoms with van der Waals surface area (Å²) in [4.78, 5) is 26.3. The van der Waals surface area contributed by atoms with Gasteiger partial charge < -0.3 is 15.0 Å². The van der Waals surface area contributed by atoms with E-state index in [1.807, 2.05) is 0 Å². The van der Waals surface area contributed by atoms with Crippen LogP contribution in [0.2, 0.25) is 0 Å². The molecular weight excluding hydrogens is 382 g/mol. The zero-order valence-electron chi connectivity index (χ0n) is 16.4. The molecule has 1 aliphatic heterocycles. The average molecular weight is 412 g/mol. The summed E-state index contributed by atoms with van der Waals surface area (Å²) < 4.78 is 31.8. The van der Waals surface area contributed by atoms with E-state index in [4.69, 9.17) is 4.74 Å². The van der Waals surface area contributed by atoms with Gasteiger partial charge in [0.05, 0.1) is 10.8 Å². The number of carbonyl (C=O) groups is 2. The number of anilines is 1. The number of likely N-dealkylation sites (tertiary alicyclic amines) is 1. The molecule has 1 atom stereocenters. The molecule has 9 heteroatoms. The Balaban J connectivity index is 1.90. The van der Waals surface area contributed by atoms with Crippen LogP contribution in [0.3, 0.4) is 0 Å². The van der Waals surface area contributed by atoms with Crippen LogP contribution in [-0.4, -0.2) is 58.5 Å². The highest BCUT2D eigenvalue weighted by Gasteiger charge is 2.33. The van der Waals surface area contributed by atoms with Crippen molar-refractivity contribution in [1.29, 1.82) is 0 Å². The monoisotopic (exact) mass is 411 g/mol. The number of unbranched alkanes of at least 4 members (excludes halogenated alkanes) is 1. The molecule has 8 nitrogen and oxygen atoms in total. The van der Waals surface area contributed by atoms with Gasteiger partial charge in [0.15, 0.2) is 0 Å². The molecule has 0 aromatic heterocycles. The molecular formula is C19H29N3O5S. The van der Waals surface area contributed by atoms with E-state index < -0.39 is 10.0 Å². The third-order valence-electron chi connectivity index (χ3n) is 4.62. The van der Waals surface area contributed by atoms with Gasteiger partial charge in [-0.25, -0.2) is 13.1 Å². The first-order valence-corrected chi connectivity index (χ1v) is 11.0. The molecule has 2 amide bonds. The van der Waals surface area contributed by atoms with E-state index in [9.17, 15) is 18.0 Å². The first-order chi connectivity index (χ1) is 13.4. The molecule has 1 heterocycles. The lowest BCUT2D eigenvalue weighted by Crippen LogP contribution is -2.29. The Morgan fingerprint density at radius 3 is 2.61 bits per heavy atom. The summed E-state index contributed by atoms with van der Waals surface area (Å²) in [5.74, 6) is -0.592. The highest BCUT2D eigenvalue weighted by molar-refractivity contribution is 7.89. The third kappa shape index (κ3) is 6.29. The zero-order chi connectivity index (χ0) is 20.6. The third-order valence-corrected chi connectivity index (χ3v) is 6.09. The van der Waals surface area contributed by atoms with Crippen LogP contribution >= 0.6 is 0 Å². The minimum absolute atomic E-state index is 0.00888. The fourth-order valence-corrected chi connectivity index (χ4v) is 4.06. The molecule has 28 heavy (non-hydrogen) atoms. The van der Waals surface area contributed by atoms with Crippen molar-refractivity contribution in [2.75, 3.05) is 38.7 Å². The van der Waals surface area contributed by atoms with Crippen molar-refractivity contribution in [3.8, 4) is 0 Å². The molecule has 2 rings (SSSR count). The summed E-state index contributed by atoms with van der Waals surface area (Å²) in [6.07, 6.45) is 2.72. The molecule has 0 aliphatic carbocycles. The quantitative estimate of drug-likeness (QED) is 0.538. The van der Waals surface area contributed by atoms with Crippen LogP contribution in [-0.2, 0) is 24.3 Å². The fourth-order valence-electron chi connectivity index (χ4n) is 2.98. The van der Waals surface area contributed by atoms with Gasteiger partial charge in [-0.15, -0.1) is 0 Å². The van der Waals surface area contributed by atoms with Gasteiger partial charge in [0, 0.05) is 45.5 Å². The predicted octanol–water partition coefficient (Wildman–Crippen LogP) is 1.59. The minimum atomic E-state index is -3.59. The maximum Gasteiger partial charge on any atom is 0.240 e. The van der Waals surface area contributed by atoms with Crippen molar-refractivity contribution in [3.05, 3.63) is 24.3 Å². The molecule has 0 bridgehead atoms. The number of nitrogens with zero attached hydrogens (tertiary/aromatic N) is 1. The normalized spacial score (nSPS) is 17.1. The molecule has 1 aliphatic rings. The highest BCUT2D eigenvalue weighted by atomic mass is 32.2. The largest absolute Gasteiger partial charge is 0.385 e. The number of sulfonamides is 1. The summed E-state index contributed by atoms with van der Waals surface area (Å²) in [6.45, 7) is 3.95. The fraction of sp³-hybridized carbons (Fsp3) is 0.579. The SMILES string of the molecule is CCCCN1C[C@@H](C(=O)Nc2ccc(S(=O)(=O)NCCCOC)cc2)CC1=O. The van der Waals surface area contributed by atoms with Gasteiger partial charge in [-0.1, -0.05) is 13.3 Å². The number of amides is 2. The summed E-state index contributed by atoms with van der Waals surface area (Å²) in [7, 11) is -2.03. The predicted molar refractivity (Wildman–Crippen MR) is 106 cm³/mol. The Morgan fingerprint density at radius 1 is 1.25 bits per heavy atom. The van der Waals surface area contributed by atoms with E-state index >= 15 is 0 Å². The van der Waals surface area contributed by atoms with Crippen molar-refractivity contribution >= 4 is 27.5 Å². The van der Waals surface area contributed by atoms with Crippen LogP contribution in [0.4, 0.5) is 5.69 Å². The van der Waals surface area contributed by atoms with Crippen molar-refractivity contribution in [2.24, 2.45) is 5.92 Å². The Hall–Kier alpha value is -1.97. The van der Waals surface area contributed by atoms with Crippen LogP contribution in [0.25, 0.3) is 0 Å². The summed E-state index contributed by atoms with van der Waals surface area (Å²) in [5, 5.41) is 2.77. The summed E-state index contributed by atoms with van der Waals surface area (Å²) >= 11 is 0. The lowest BCUT2D eigenvalue weighted by Gasteiger charge is -2.16. The van der Waals surface area contributed by atoms with Crippen molar-refractivity contribution in [2.45, 2.75) is 37.5 Å². The molecule has 156 valence electrons. The number of hydrogen-bond donors (Lipinski definition) is 2. The number of methoxy groups -OCH3 is 1. The molecule has 1 aromatic carbocycles. The van der Waals surface area contributed by atoms with Gasteiger partial charge in [-0.3, -0.25) is 9.59 Å². The van der Waals surface area contributed by atoms with Gasteiger partial charge in [0.25, 0.3) is 0 Å². The number of hydrogen-bond acceptors (Lipinski definition) is 5. The van der Waals surface area contributed by atoms with Gasteiger partial charge in [0.1, 0.15) is 0 Å². The molecule has 0 radical (unpaired) electrons. The number of rotatable bonds is 11. The average Bonchev–Trinajstić information content (AvgIpc) is 3.05. The van der Waals surface area contributed by atoms with Gasteiger partial charge in [-0.2, -0.15) is 0 Å². The van der Waals surface area contributed by atoms with E-state index in [2.05, 4.69) is 17.0 Å². The van der Waals surface area contributed by atoms with Crippen LogP contribution in [0.1, 0.15) is 32.6 Å². The highest BCUT2D eigenvalue weighted by Crippen LogP contribution is 2.21. The van der Waals surface area contributed by atoms with Gasteiger partial charge in [0.2, 0.25) is 21.8 Å². The van der Waals surface area contributed by atoms with Crippen molar-refractivity contribution < 1.29 is 22.7 Å². The molecule has 1 fully saturated rings. The van der Waals surface area contributed by atoms with Crippen LogP contribution < -0.4 is 10.0 Å². The summed E-state index contributed by atoms with van der Waals surface area (Å²) in [5.41, 5.74) is 0.503. The number of benzene rings is 1. The number of nitrogens with one attached hydrogen (secondary N) is 2.